The maximum Gasteiger partial charge on any atom is 0.226 e. The Balaban J connectivity index is 0.00000162. The molecule has 3 atom stereocenters. The zero-order chi connectivity index (χ0) is 12.8. The summed E-state index contributed by atoms with van der Waals surface area (Å²) in [6, 6.07) is 0.225. The molecule has 18 heavy (non-hydrogen) atoms. The minimum atomic E-state index is 0. The molecule has 1 saturated heterocycles. The molecule has 0 aromatic rings. The van der Waals surface area contributed by atoms with Gasteiger partial charge >= 0.3 is 0 Å². The second-order valence-corrected chi connectivity index (χ2v) is 6.91. The average Bonchev–Trinajstić information content (AvgIpc) is 2.95. The standard InChI is InChI=1S/C14H26N2O.ClH/c1-5-14(4)8-10(14)12(17)16-7-6-11(15)13(2,3)9-16;/h10-11H,5-9,15H2,1-4H3;1H. The minimum absolute atomic E-state index is 0. The monoisotopic (exact) mass is 274 g/mol. The van der Waals surface area contributed by atoms with Gasteiger partial charge in [0, 0.05) is 25.0 Å². The average molecular weight is 275 g/mol. The number of hydrogen-bond acceptors (Lipinski definition) is 2. The van der Waals surface area contributed by atoms with E-state index in [1.807, 2.05) is 0 Å². The number of nitrogens with two attached hydrogens (primary N) is 1. The first-order valence-corrected chi connectivity index (χ1v) is 6.84. The number of amides is 1. The largest absolute Gasteiger partial charge is 0.342 e. The Hall–Kier alpha value is -0.280. The van der Waals surface area contributed by atoms with Crippen LogP contribution in [0.2, 0.25) is 0 Å². The fraction of sp³-hybridized carbons (Fsp3) is 0.929. The summed E-state index contributed by atoms with van der Waals surface area (Å²) in [5, 5.41) is 0. The lowest BCUT2D eigenvalue weighted by Gasteiger charge is -2.42. The van der Waals surface area contributed by atoms with Crippen molar-refractivity contribution in [3.8, 4) is 0 Å². The maximum atomic E-state index is 12.4. The molecule has 1 saturated carbocycles. The van der Waals surface area contributed by atoms with E-state index < -0.39 is 0 Å². The first-order chi connectivity index (χ1) is 7.80. The van der Waals surface area contributed by atoms with Gasteiger partial charge in [-0.1, -0.05) is 27.7 Å². The number of carbonyl (C=O) groups is 1. The Labute approximate surface area is 117 Å². The van der Waals surface area contributed by atoms with Crippen LogP contribution in [-0.2, 0) is 4.79 Å². The molecule has 2 aliphatic rings. The highest BCUT2D eigenvalue weighted by atomic mass is 35.5. The summed E-state index contributed by atoms with van der Waals surface area (Å²) in [6.45, 7) is 10.4. The van der Waals surface area contributed by atoms with Crippen LogP contribution in [0.1, 0.15) is 47.0 Å². The second kappa shape index (κ2) is 5.01. The smallest absolute Gasteiger partial charge is 0.226 e. The van der Waals surface area contributed by atoms with Crippen molar-refractivity contribution in [1.82, 2.24) is 4.90 Å². The van der Waals surface area contributed by atoms with Crippen LogP contribution in [0.15, 0.2) is 0 Å². The van der Waals surface area contributed by atoms with E-state index in [2.05, 4.69) is 32.6 Å². The molecule has 2 fully saturated rings. The first-order valence-electron chi connectivity index (χ1n) is 6.84. The quantitative estimate of drug-likeness (QED) is 0.841. The van der Waals surface area contributed by atoms with Crippen molar-refractivity contribution in [2.24, 2.45) is 22.5 Å². The van der Waals surface area contributed by atoms with Crippen molar-refractivity contribution in [1.29, 1.82) is 0 Å². The van der Waals surface area contributed by atoms with Crippen molar-refractivity contribution in [3.63, 3.8) is 0 Å². The van der Waals surface area contributed by atoms with Crippen LogP contribution < -0.4 is 5.73 Å². The summed E-state index contributed by atoms with van der Waals surface area (Å²) in [4.78, 5) is 14.5. The second-order valence-electron chi connectivity index (χ2n) is 6.91. The van der Waals surface area contributed by atoms with E-state index in [1.54, 1.807) is 0 Å². The van der Waals surface area contributed by atoms with E-state index >= 15 is 0 Å². The van der Waals surface area contributed by atoms with Crippen LogP contribution in [-0.4, -0.2) is 29.9 Å². The lowest BCUT2D eigenvalue weighted by Crippen LogP contribution is -2.54. The van der Waals surface area contributed by atoms with Gasteiger partial charge in [-0.2, -0.15) is 0 Å². The molecule has 0 bridgehead atoms. The normalized spacial score (nSPS) is 37.9. The molecule has 4 heteroatoms. The maximum absolute atomic E-state index is 12.4. The molecule has 0 aromatic carbocycles. The van der Waals surface area contributed by atoms with Gasteiger partial charge in [0.2, 0.25) is 5.91 Å². The topological polar surface area (TPSA) is 46.3 Å². The minimum Gasteiger partial charge on any atom is -0.342 e. The van der Waals surface area contributed by atoms with Gasteiger partial charge in [-0.25, -0.2) is 0 Å². The van der Waals surface area contributed by atoms with E-state index in [9.17, 15) is 4.79 Å². The van der Waals surface area contributed by atoms with Gasteiger partial charge in [0.15, 0.2) is 0 Å². The molecular formula is C14H27ClN2O. The predicted octanol–water partition coefficient (Wildman–Crippen LogP) is 2.43. The molecule has 3 nitrogen and oxygen atoms in total. The zero-order valence-corrected chi connectivity index (χ0v) is 12.8. The van der Waals surface area contributed by atoms with Crippen molar-refractivity contribution >= 4 is 18.3 Å². The van der Waals surface area contributed by atoms with Gasteiger partial charge in [-0.3, -0.25) is 4.79 Å². The number of carbonyl (C=O) groups excluding carboxylic acids is 1. The summed E-state index contributed by atoms with van der Waals surface area (Å²) < 4.78 is 0. The third-order valence-corrected chi connectivity index (χ3v) is 5.08. The van der Waals surface area contributed by atoms with Gasteiger partial charge in [-0.15, -0.1) is 12.4 Å². The summed E-state index contributed by atoms with van der Waals surface area (Å²) in [7, 11) is 0. The third kappa shape index (κ3) is 2.67. The Morgan fingerprint density at radius 3 is 2.44 bits per heavy atom. The number of halogens is 1. The molecular weight excluding hydrogens is 248 g/mol. The van der Waals surface area contributed by atoms with Gasteiger partial charge in [0.1, 0.15) is 0 Å². The SMILES string of the molecule is CCC1(C)CC1C(=O)N1CCC(N)C(C)(C)C1.Cl. The van der Waals surface area contributed by atoms with Gasteiger partial charge in [0.25, 0.3) is 0 Å². The van der Waals surface area contributed by atoms with Crippen molar-refractivity contribution in [3.05, 3.63) is 0 Å². The lowest BCUT2D eigenvalue weighted by atomic mass is 9.79. The summed E-state index contributed by atoms with van der Waals surface area (Å²) in [6.07, 6.45) is 3.12. The molecule has 1 amide bonds. The number of likely N-dealkylation sites (tertiary alicyclic amines) is 1. The molecule has 0 spiro atoms. The Bertz CT molecular complexity index is 332. The van der Waals surface area contributed by atoms with E-state index in [0.717, 1.165) is 32.4 Å². The fourth-order valence-electron chi connectivity index (χ4n) is 2.97. The first kappa shape index (κ1) is 15.8. The van der Waals surface area contributed by atoms with Crippen LogP contribution >= 0.6 is 12.4 Å². The highest BCUT2D eigenvalue weighted by Crippen LogP contribution is 2.55. The molecule has 0 radical (unpaired) electrons. The van der Waals surface area contributed by atoms with Crippen LogP contribution in [0.5, 0.6) is 0 Å². The van der Waals surface area contributed by atoms with Crippen LogP contribution in [0.4, 0.5) is 0 Å². The summed E-state index contributed by atoms with van der Waals surface area (Å²) in [5.74, 6) is 0.645. The molecule has 2 N–H and O–H groups in total. The van der Waals surface area contributed by atoms with Crippen molar-refractivity contribution in [2.45, 2.75) is 53.0 Å². The molecule has 0 aromatic heterocycles. The Kier molecular flexibility index (Phi) is 4.39. The molecule has 1 aliphatic carbocycles. The number of nitrogens with zero attached hydrogens (tertiary/aromatic N) is 1. The molecule has 3 unspecified atom stereocenters. The highest BCUT2D eigenvalue weighted by Gasteiger charge is 2.54. The molecule has 2 rings (SSSR count). The molecule has 1 aliphatic heterocycles. The lowest BCUT2D eigenvalue weighted by molar-refractivity contribution is -0.136. The van der Waals surface area contributed by atoms with E-state index in [-0.39, 0.29) is 35.2 Å². The number of piperidine rings is 1. The Morgan fingerprint density at radius 2 is 2.00 bits per heavy atom. The molecule has 1 heterocycles. The number of rotatable bonds is 2. The van der Waals surface area contributed by atoms with Crippen LogP contribution in [0, 0.1) is 16.7 Å². The van der Waals surface area contributed by atoms with E-state index in [1.165, 1.54) is 0 Å². The van der Waals surface area contributed by atoms with E-state index in [4.69, 9.17) is 5.73 Å². The zero-order valence-electron chi connectivity index (χ0n) is 12.0. The van der Waals surface area contributed by atoms with E-state index in [0.29, 0.717) is 5.91 Å². The Morgan fingerprint density at radius 1 is 1.39 bits per heavy atom. The highest BCUT2D eigenvalue weighted by molar-refractivity contribution is 5.85. The van der Waals surface area contributed by atoms with Crippen molar-refractivity contribution in [2.75, 3.05) is 13.1 Å². The van der Waals surface area contributed by atoms with Gasteiger partial charge in [0.05, 0.1) is 0 Å². The van der Waals surface area contributed by atoms with Crippen LogP contribution in [0.25, 0.3) is 0 Å². The fourth-order valence-corrected chi connectivity index (χ4v) is 2.97. The third-order valence-electron chi connectivity index (χ3n) is 5.08. The molecule has 106 valence electrons. The number of hydrogen-bond donors (Lipinski definition) is 1. The van der Waals surface area contributed by atoms with Gasteiger partial charge in [-0.05, 0) is 30.1 Å². The summed E-state index contributed by atoms with van der Waals surface area (Å²) >= 11 is 0. The predicted molar refractivity (Wildman–Crippen MR) is 76.7 cm³/mol. The van der Waals surface area contributed by atoms with Crippen molar-refractivity contribution < 1.29 is 4.79 Å². The van der Waals surface area contributed by atoms with Crippen LogP contribution in [0.3, 0.4) is 0 Å². The summed E-state index contributed by atoms with van der Waals surface area (Å²) in [5.41, 5.74) is 6.45. The van der Waals surface area contributed by atoms with Gasteiger partial charge < -0.3 is 10.6 Å².